The maximum atomic E-state index is 12.0. The lowest BCUT2D eigenvalue weighted by atomic mass is 10.1. The fraction of sp³-hybridized carbons (Fsp3) is 0.391. The summed E-state index contributed by atoms with van der Waals surface area (Å²) >= 11 is 0. The van der Waals surface area contributed by atoms with Crippen LogP contribution >= 0.6 is 0 Å². The monoisotopic (exact) mass is 393 g/mol. The van der Waals surface area contributed by atoms with Gasteiger partial charge in [-0.3, -0.25) is 14.1 Å². The summed E-state index contributed by atoms with van der Waals surface area (Å²) in [6.07, 6.45) is 6.99. The summed E-state index contributed by atoms with van der Waals surface area (Å²) in [6.45, 7) is 3.86. The van der Waals surface area contributed by atoms with Crippen LogP contribution in [-0.2, 0) is 22.5 Å². The molecule has 3 aromatic rings. The third-order valence-electron chi connectivity index (χ3n) is 5.29. The second-order valence-electron chi connectivity index (χ2n) is 7.32. The molecule has 1 aromatic carbocycles. The quantitative estimate of drug-likeness (QED) is 0.543. The summed E-state index contributed by atoms with van der Waals surface area (Å²) in [5.41, 5.74) is 2.67. The number of nitrogens with zero attached hydrogens (tertiary/aromatic N) is 3. The van der Waals surface area contributed by atoms with E-state index in [9.17, 15) is 4.79 Å². The van der Waals surface area contributed by atoms with Crippen LogP contribution < -0.4 is 9.64 Å². The van der Waals surface area contributed by atoms with Crippen LogP contribution in [0.4, 0.5) is 5.82 Å². The summed E-state index contributed by atoms with van der Waals surface area (Å²) in [4.78, 5) is 18.5. The van der Waals surface area contributed by atoms with Crippen molar-refractivity contribution in [1.82, 2.24) is 9.38 Å². The highest BCUT2D eigenvalue weighted by atomic mass is 16.5. The van der Waals surface area contributed by atoms with Crippen LogP contribution in [0.2, 0.25) is 0 Å². The largest absolute Gasteiger partial charge is 0.487 e. The molecule has 152 valence electrons. The van der Waals surface area contributed by atoms with Gasteiger partial charge in [0, 0.05) is 12.8 Å². The Labute approximate surface area is 171 Å². The summed E-state index contributed by atoms with van der Waals surface area (Å²) in [5.74, 6) is 1.51. The lowest BCUT2D eigenvalue weighted by molar-refractivity contribution is -0.107. The lowest BCUT2D eigenvalue weighted by Crippen LogP contribution is -2.26. The molecule has 1 fully saturated rings. The van der Waals surface area contributed by atoms with E-state index < -0.39 is 0 Å². The molecule has 0 spiro atoms. The molecule has 29 heavy (non-hydrogen) atoms. The molecule has 4 rings (SSSR count). The van der Waals surface area contributed by atoms with E-state index in [1.165, 1.54) is 6.42 Å². The molecule has 6 nitrogen and oxygen atoms in total. The smallest absolute Gasteiger partial charge is 0.215 e. The first-order valence-corrected chi connectivity index (χ1v) is 10.3. The molecule has 1 saturated heterocycles. The van der Waals surface area contributed by atoms with Crippen molar-refractivity contribution in [3.63, 3.8) is 0 Å². The van der Waals surface area contributed by atoms with Crippen molar-refractivity contribution in [3.05, 3.63) is 59.9 Å². The van der Waals surface area contributed by atoms with Crippen LogP contribution in [0.5, 0.6) is 5.75 Å². The van der Waals surface area contributed by atoms with Crippen LogP contribution in [0.25, 0.3) is 5.65 Å². The standard InChI is InChI=1S/C23H27N3O3/c1-2-20-23(25(17-27)15-18-9-4-3-5-10-18)26-13-8-12-21(22(26)24-20)29-16-19-11-6-7-14-28-19/h3-5,8-10,12-13,17,19H,2,6-7,11,14-16H2,1H3. The highest BCUT2D eigenvalue weighted by Crippen LogP contribution is 2.29. The van der Waals surface area contributed by atoms with Crippen LogP contribution in [0, 0.1) is 0 Å². The minimum Gasteiger partial charge on any atom is -0.487 e. The fourth-order valence-corrected chi connectivity index (χ4v) is 3.79. The van der Waals surface area contributed by atoms with Crippen molar-refractivity contribution in [2.24, 2.45) is 0 Å². The van der Waals surface area contributed by atoms with Gasteiger partial charge in [0.25, 0.3) is 0 Å². The van der Waals surface area contributed by atoms with E-state index in [0.717, 1.165) is 55.0 Å². The Morgan fingerprint density at radius 1 is 1.24 bits per heavy atom. The number of aryl methyl sites for hydroxylation is 1. The van der Waals surface area contributed by atoms with Gasteiger partial charge in [-0.25, -0.2) is 4.98 Å². The Morgan fingerprint density at radius 3 is 2.83 bits per heavy atom. The van der Waals surface area contributed by atoms with Crippen LogP contribution in [0.3, 0.4) is 0 Å². The number of carbonyl (C=O) groups is 1. The maximum Gasteiger partial charge on any atom is 0.215 e. The number of anilines is 1. The van der Waals surface area contributed by atoms with E-state index in [-0.39, 0.29) is 6.10 Å². The molecule has 0 radical (unpaired) electrons. The Bertz CT molecular complexity index is 949. The Kier molecular flexibility index (Phi) is 6.10. The van der Waals surface area contributed by atoms with E-state index >= 15 is 0 Å². The molecule has 1 atom stereocenters. The number of imidazole rings is 1. The maximum absolute atomic E-state index is 12.0. The summed E-state index contributed by atoms with van der Waals surface area (Å²) in [7, 11) is 0. The van der Waals surface area contributed by atoms with Crippen LogP contribution in [0.15, 0.2) is 48.7 Å². The van der Waals surface area contributed by atoms with Crippen molar-refractivity contribution < 1.29 is 14.3 Å². The number of benzene rings is 1. The second kappa shape index (κ2) is 9.09. The summed E-state index contributed by atoms with van der Waals surface area (Å²) in [6, 6.07) is 13.8. The second-order valence-corrected chi connectivity index (χ2v) is 7.32. The van der Waals surface area contributed by atoms with Gasteiger partial charge in [0.2, 0.25) is 6.41 Å². The van der Waals surface area contributed by atoms with Gasteiger partial charge < -0.3 is 9.47 Å². The lowest BCUT2D eigenvalue weighted by Gasteiger charge is -2.22. The number of fused-ring (bicyclic) bond motifs is 1. The van der Waals surface area contributed by atoms with Crippen LogP contribution in [-0.4, -0.2) is 35.1 Å². The van der Waals surface area contributed by atoms with Crippen LogP contribution in [0.1, 0.15) is 37.4 Å². The van der Waals surface area contributed by atoms with E-state index in [4.69, 9.17) is 14.5 Å². The molecule has 3 heterocycles. The molecule has 0 bridgehead atoms. The third kappa shape index (κ3) is 4.27. The molecule has 0 aliphatic carbocycles. The van der Waals surface area contributed by atoms with Gasteiger partial charge in [0.05, 0.1) is 18.3 Å². The average molecular weight is 393 g/mol. The van der Waals surface area contributed by atoms with Gasteiger partial charge in [0.15, 0.2) is 11.4 Å². The van der Waals surface area contributed by atoms with Gasteiger partial charge in [-0.15, -0.1) is 0 Å². The highest BCUT2D eigenvalue weighted by molar-refractivity contribution is 5.77. The average Bonchev–Trinajstić information content (AvgIpc) is 3.16. The van der Waals surface area contributed by atoms with Gasteiger partial charge in [-0.05, 0) is 43.4 Å². The topological polar surface area (TPSA) is 56.1 Å². The van der Waals surface area contributed by atoms with Crippen molar-refractivity contribution in [1.29, 1.82) is 0 Å². The minimum absolute atomic E-state index is 0.133. The molecule has 0 saturated carbocycles. The van der Waals surface area contributed by atoms with E-state index in [1.807, 2.05) is 60.0 Å². The highest BCUT2D eigenvalue weighted by Gasteiger charge is 2.21. The van der Waals surface area contributed by atoms with Gasteiger partial charge in [-0.1, -0.05) is 37.3 Å². The number of hydrogen-bond donors (Lipinski definition) is 0. The molecule has 1 aliphatic heterocycles. The summed E-state index contributed by atoms with van der Waals surface area (Å²) in [5, 5.41) is 0. The third-order valence-corrected chi connectivity index (χ3v) is 5.29. The predicted molar refractivity (Wildman–Crippen MR) is 112 cm³/mol. The van der Waals surface area contributed by atoms with E-state index in [1.54, 1.807) is 4.90 Å². The first kappa shape index (κ1) is 19.5. The zero-order valence-electron chi connectivity index (χ0n) is 16.8. The number of rotatable bonds is 8. The first-order chi connectivity index (χ1) is 14.3. The number of amides is 1. The molecular weight excluding hydrogens is 366 g/mol. The fourth-order valence-electron chi connectivity index (χ4n) is 3.79. The van der Waals surface area contributed by atoms with Crippen molar-refractivity contribution in [2.45, 2.75) is 45.3 Å². The number of carbonyl (C=O) groups excluding carboxylic acids is 1. The zero-order valence-corrected chi connectivity index (χ0v) is 16.8. The molecule has 1 amide bonds. The Balaban J connectivity index is 1.64. The number of ether oxygens (including phenoxy) is 2. The molecule has 2 aromatic heterocycles. The SMILES string of the molecule is CCc1nc2c(OCC3CCCCO3)cccn2c1N(C=O)Cc1ccccc1. The molecule has 1 unspecified atom stereocenters. The molecule has 0 N–H and O–H groups in total. The number of aromatic nitrogens is 2. The minimum atomic E-state index is 0.133. The van der Waals surface area contributed by atoms with Gasteiger partial charge >= 0.3 is 0 Å². The number of hydrogen-bond acceptors (Lipinski definition) is 4. The molecule has 1 aliphatic rings. The molecule has 6 heteroatoms. The van der Waals surface area contributed by atoms with E-state index in [2.05, 4.69) is 0 Å². The summed E-state index contributed by atoms with van der Waals surface area (Å²) < 4.78 is 13.8. The van der Waals surface area contributed by atoms with Gasteiger partial charge in [0.1, 0.15) is 12.4 Å². The van der Waals surface area contributed by atoms with Crippen molar-refractivity contribution in [2.75, 3.05) is 18.1 Å². The first-order valence-electron chi connectivity index (χ1n) is 10.3. The van der Waals surface area contributed by atoms with Crippen molar-refractivity contribution in [3.8, 4) is 5.75 Å². The molecular formula is C23H27N3O3. The van der Waals surface area contributed by atoms with E-state index in [0.29, 0.717) is 18.9 Å². The van der Waals surface area contributed by atoms with Crippen molar-refractivity contribution >= 4 is 17.9 Å². The number of pyridine rings is 1. The predicted octanol–water partition coefficient (Wildman–Crippen LogP) is 4.01. The van der Waals surface area contributed by atoms with Gasteiger partial charge in [-0.2, -0.15) is 0 Å². The zero-order chi connectivity index (χ0) is 20.1. The normalized spacial score (nSPS) is 16.7. The Hall–Kier alpha value is -2.86. The Morgan fingerprint density at radius 2 is 2.10 bits per heavy atom.